The lowest BCUT2D eigenvalue weighted by atomic mass is 10.2. The lowest BCUT2D eigenvalue weighted by Crippen LogP contribution is -2.47. The largest absolute Gasteiger partial charge is 0.395 e. The van der Waals surface area contributed by atoms with E-state index < -0.39 is 0 Å². The van der Waals surface area contributed by atoms with Gasteiger partial charge in [-0.25, -0.2) is 19.9 Å². The maximum absolute atomic E-state index is 9.19. The van der Waals surface area contributed by atoms with Crippen molar-refractivity contribution in [3.63, 3.8) is 0 Å². The van der Waals surface area contributed by atoms with Crippen molar-refractivity contribution in [2.45, 2.75) is 19.8 Å². The molecule has 4 aromatic rings. The summed E-state index contributed by atoms with van der Waals surface area (Å²) in [4.78, 5) is 30.3. The normalized spacial score (nSPS) is 16.6. The van der Waals surface area contributed by atoms with Crippen LogP contribution in [0.1, 0.15) is 18.5 Å². The zero-order valence-corrected chi connectivity index (χ0v) is 21.8. The Hall–Kier alpha value is -3.41. The van der Waals surface area contributed by atoms with Gasteiger partial charge in [-0.2, -0.15) is 4.98 Å². The Balaban J connectivity index is 1.20. The van der Waals surface area contributed by atoms with Crippen LogP contribution in [0, 0.1) is 6.92 Å². The molecule has 0 bridgehead atoms. The van der Waals surface area contributed by atoms with Crippen molar-refractivity contribution < 1.29 is 5.11 Å². The quantitative estimate of drug-likeness (QED) is 0.379. The summed E-state index contributed by atoms with van der Waals surface area (Å²) >= 11 is 1.64. The molecule has 10 nitrogen and oxygen atoms in total. The van der Waals surface area contributed by atoms with E-state index in [0.29, 0.717) is 18.2 Å². The van der Waals surface area contributed by atoms with Crippen LogP contribution in [0.4, 0.5) is 23.4 Å². The average molecular weight is 518 g/mol. The van der Waals surface area contributed by atoms with E-state index >= 15 is 0 Å². The van der Waals surface area contributed by atoms with Gasteiger partial charge in [0, 0.05) is 81.6 Å². The highest BCUT2D eigenvalue weighted by Crippen LogP contribution is 2.33. The third kappa shape index (κ3) is 5.34. The van der Waals surface area contributed by atoms with Crippen LogP contribution in [0.3, 0.4) is 0 Å². The van der Waals surface area contributed by atoms with Gasteiger partial charge in [-0.15, -0.1) is 11.3 Å². The number of hydrogen-bond acceptors (Lipinski definition) is 11. The number of pyridine rings is 2. The Kier molecular flexibility index (Phi) is 6.81. The van der Waals surface area contributed by atoms with E-state index in [1.54, 1.807) is 11.3 Å². The van der Waals surface area contributed by atoms with Crippen LogP contribution in [0.25, 0.3) is 20.8 Å². The summed E-state index contributed by atoms with van der Waals surface area (Å²) in [5.74, 6) is 3.16. The molecule has 0 unspecified atom stereocenters. The molecule has 2 N–H and O–H groups in total. The Morgan fingerprint density at radius 1 is 0.919 bits per heavy atom. The monoisotopic (exact) mass is 517 g/mol. The van der Waals surface area contributed by atoms with Crippen molar-refractivity contribution in [2.75, 3.05) is 67.5 Å². The van der Waals surface area contributed by atoms with Crippen molar-refractivity contribution in [3.05, 3.63) is 42.4 Å². The van der Waals surface area contributed by atoms with Crippen molar-refractivity contribution in [3.8, 4) is 10.6 Å². The molecule has 11 heteroatoms. The first-order valence-corrected chi connectivity index (χ1v) is 13.6. The second-order valence-electron chi connectivity index (χ2n) is 9.53. The highest BCUT2D eigenvalue weighted by atomic mass is 32.1. The molecular formula is C26H31N9OS. The molecule has 0 amide bonds. The summed E-state index contributed by atoms with van der Waals surface area (Å²) < 4.78 is 1.04. The van der Waals surface area contributed by atoms with Crippen molar-refractivity contribution in [1.82, 2.24) is 29.8 Å². The van der Waals surface area contributed by atoms with Gasteiger partial charge in [-0.05, 0) is 31.9 Å². The number of nitrogens with one attached hydrogen (secondary N) is 1. The van der Waals surface area contributed by atoms with Gasteiger partial charge in [-0.3, -0.25) is 4.90 Å². The number of hydrogen-bond donors (Lipinski definition) is 2. The summed E-state index contributed by atoms with van der Waals surface area (Å²) in [6.07, 6.45) is 6.20. The lowest BCUT2D eigenvalue weighted by Gasteiger charge is -2.34. The SMILES string of the molecule is Cc1cc(Nc2cc3nc(-c4ccnc(N5CCCC5)c4)sc3cn2)nc(N2CCN(CCO)CC2)n1. The van der Waals surface area contributed by atoms with Crippen LogP contribution >= 0.6 is 11.3 Å². The molecule has 0 spiro atoms. The molecule has 6 heterocycles. The second kappa shape index (κ2) is 10.5. The zero-order chi connectivity index (χ0) is 25.2. The first-order chi connectivity index (χ1) is 18.1. The predicted molar refractivity (Wildman–Crippen MR) is 148 cm³/mol. The summed E-state index contributed by atoms with van der Waals surface area (Å²) in [5.41, 5.74) is 2.89. The van der Waals surface area contributed by atoms with E-state index in [1.807, 2.05) is 37.5 Å². The number of β-amino-alcohol motifs (C(OH)–C–C–N with tert-alkyl or cyclic N) is 1. The summed E-state index contributed by atoms with van der Waals surface area (Å²) in [6.45, 7) is 8.47. The van der Waals surface area contributed by atoms with Crippen molar-refractivity contribution in [2.24, 2.45) is 0 Å². The minimum Gasteiger partial charge on any atom is -0.395 e. The predicted octanol–water partition coefficient (Wildman–Crippen LogP) is 3.31. The molecule has 0 radical (unpaired) electrons. The fourth-order valence-corrected chi connectivity index (χ4v) is 5.81. The number of thiazole rings is 1. The fourth-order valence-electron chi connectivity index (χ4n) is 4.90. The van der Waals surface area contributed by atoms with Crippen LogP contribution in [-0.4, -0.2) is 87.3 Å². The minimum atomic E-state index is 0.190. The molecule has 0 saturated carbocycles. The number of anilines is 4. The number of piperazine rings is 1. The number of aliphatic hydroxyl groups is 1. The van der Waals surface area contributed by atoms with Crippen molar-refractivity contribution in [1.29, 1.82) is 0 Å². The van der Waals surface area contributed by atoms with Crippen LogP contribution < -0.4 is 15.1 Å². The van der Waals surface area contributed by atoms with Gasteiger partial charge in [0.2, 0.25) is 5.95 Å². The van der Waals surface area contributed by atoms with E-state index in [1.165, 1.54) is 12.8 Å². The second-order valence-corrected chi connectivity index (χ2v) is 10.6. The third-order valence-corrected chi connectivity index (χ3v) is 7.92. The summed E-state index contributed by atoms with van der Waals surface area (Å²) in [7, 11) is 0. The molecule has 0 atom stereocenters. The maximum atomic E-state index is 9.19. The molecule has 37 heavy (non-hydrogen) atoms. The van der Waals surface area contributed by atoms with Gasteiger partial charge >= 0.3 is 0 Å². The van der Waals surface area contributed by atoms with Crippen molar-refractivity contribution >= 4 is 45.0 Å². The van der Waals surface area contributed by atoms with Crippen LogP contribution in [0.5, 0.6) is 0 Å². The topological polar surface area (TPSA) is 106 Å². The highest BCUT2D eigenvalue weighted by Gasteiger charge is 2.20. The third-order valence-electron chi connectivity index (χ3n) is 6.87. The van der Waals surface area contributed by atoms with E-state index in [2.05, 4.69) is 41.0 Å². The molecule has 0 aromatic carbocycles. The molecule has 4 aromatic heterocycles. The first kappa shape index (κ1) is 24.0. The van der Waals surface area contributed by atoms with Gasteiger partial charge < -0.3 is 20.2 Å². The fraction of sp³-hybridized carbons (Fsp3) is 0.423. The molecule has 0 aliphatic carbocycles. The Morgan fingerprint density at radius 3 is 2.57 bits per heavy atom. The molecule has 2 fully saturated rings. The maximum Gasteiger partial charge on any atom is 0.227 e. The van der Waals surface area contributed by atoms with Gasteiger partial charge in [0.25, 0.3) is 0 Å². The number of aromatic nitrogens is 5. The number of fused-ring (bicyclic) bond motifs is 1. The Labute approximate surface area is 220 Å². The molecule has 2 saturated heterocycles. The summed E-state index contributed by atoms with van der Waals surface area (Å²) in [5, 5.41) is 13.5. The molecule has 2 aliphatic rings. The average Bonchev–Trinajstić information content (AvgIpc) is 3.60. The standard InChI is InChI=1S/C26H31N9OS/c1-18-14-23(32-26(29-18)35-10-8-33(9-11-35)12-13-36)31-22-16-20-21(17-28-22)37-25(30-20)19-4-5-27-24(15-19)34-6-2-3-7-34/h4-5,14-17,36H,2-3,6-13H2,1H3,(H,28,29,31,32). The summed E-state index contributed by atoms with van der Waals surface area (Å²) in [6, 6.07) is 8.08. The number of aliphatic hydroxyl groups excluding tert-OH is 1. The van der Waals surface area contributed by atoms with E-state index in [-0.39, 0.29) is 6.61 Å². The van der Waals surface area contributed by atoms with Gasteiger partial charge in [0.05, 0.1) is 16.8 Å². The van der Waals surface area contributed by atoms with Gasteiger partial charge in [-0.1, -0.05) is 0 Å². The number of nitrogens with zero attached hydrogens (tertiary/aromatic N) is 8. The number of aryl methyl sites for hydroxylation is 1. The van der Waals surface area contributed by atoms with E-state index in [4.69, 9.17) is 9.97 Å². The Bertz CT molecular complexity index is 1380. The smallest absolute Gasteiger partial charge is 0.227 e. The zero-order valence-electron chi connectivity index (χ0n) is 21.0. The van der Waals surface area contributed by atoms with Gasteiger partial charge in [0.1, 0.15) is 22.5 Å². The highest BCUT2D eigenvalue weighted by molar-refractivity contribution is 7.21. The minimum absolute atomic E-state index is 0.190. The van der Waals surface area contributed by atoms with Crippen LogP contribution in [-0.2, 0) is 0 Å². The lowest BCUT2D eigenvalue weighted by molar-refractivity contribution is 0.188. The van der Waals surface area contributed by atoms with E-state index in [9.17, 15) is 5.11 Å². The molecule has 2 aliphatic heterocycles. The molecule has 192 valence electrons. The molecule has 6 rings (SSSR count). The van der Waals surface area contributed by atoms with Gasteiger partial charge in [0.15, 0.2) is 0 Å². The van der Waals surface area contributed by atoms with Crippen LogP contribution in [0.15, 0.2) is 36.7 Å². The van der Waals surface area contributed by atoms with Crippen LogP contribution in [0.2, 0.25) is 0 Å². The van der Waals surface area contributed by atoms with E-state index in [0.717, 1.165) is 77.5 Å². The Morgan fingerprint density at radius 2 is 1.76 bits per heavy atom. The number of rotatable bonds is 7. The molecular weight excluding hydrogens is 486 g/mol. The first-order valence-electron chi connectivity index (χ1n) is 12.8.